The number of benzene rings is 2. The van der Waals surface area contributed by atoms with Crippen LogP contribution in [0.15, 0.2) is 36.4 Å². The molecule has 7 nitrogen and oxygen atoms in total. The summed E-state index contributed by atoms with van der Waals surface area (Å²) in [6, 6.07) is 11.1. The molecule has 8 heteroatoms. The third-order valence-corrected chi connectivity index (χ3v) is 5.97. The van der Waals surface area contributed by atoms with E-state index in [4.69, 9.17) is 9.47 Å². The Morgan fingerprint density at radius 1 is 1.17 bits per heavy atom. The van der Waals surface area contributed by atoms with Crippen molar-refractivity contribution in [3.8, 4) is 11.5 Å². The van der Waals surface area contributed by atoms with Crippen LogP contribution in [0.3, 0.4) is 0 Å². The van der Waals surface area contributed by atoms with Crippen molar-refractivity contribution >= 4 is 21.6 Å². The molecular formula is C21H26N2O5S. The first-order valence-electron chi connectivity index (χ1n) is 9.38. The highest BCUT2D eigenvalue weighted by atomic mass is 32.2. The molecule has 0 saturated carbocycles. The lowest BCUT2D eigenvalue weighted by molar-refractivity contribution is -0.127. The Kier molecular flexibility index (Phi) is 6.02. The molecule has 3 rings (SSSR count). The van der Waals surface area contributed by atoms with E-state index in [2.05, 4.69) is 5.32 Å². The van der Waals surface area contributed by atoms with Crippen molar-refractivity contribution in [1.82, 2.24) is 5.32 Å². The molecule has 1 aliphatic rings. The third kappa shape index (κ3) is 5.00. The summed E-state index contributed by atoms with van der Waals surface area (Å²) in [6.07, 6.45) is 0.189. The molecule has 0 bridgehead atoms. The summed E-state index contributed by atoms with van der Waals surface area (Å²) in [5.41, 5.74) is 3.68. The molecule has 0 spiro atoms. The van der Waals surface area contributed by atoms with Crippen LogP contribution in [0.5, 0.6) is 11.5 Å². The fourth-order valence-electron chi connectivity index (χ4n) is 3.07. The number of ether oxygens (including phenoxy) is 2. The lowest BCUT2D eigenvalue weighted by Gasteiger charge is -2.34. The van der Waals surface area contributed by atoms with E-state index in [1.165, 1.54) is 9.87 Å². The van der Waals surface area contributed by atoms with Crippen LogP contribution < -0.4 is 19.1 Å². The molecule has 1 unspecified atom stereocenters. The van der Waals surface area contributed by atoms with E-state index in [0.717, 1.165) is 23.1 Å². The Bertz CT molecular complexity index is 1020. The molecule has 156 valence electrons. The van der Waals surface area contributed by atoms with E-state index in [9.17, 15) is 13.2 Å². The fourth-order valence-corrected chi connectivity index (χ4v) is 3.99. The number of carbonyl (C=O) groups excluding carboxylic acids is 1. The Labute approximate surface area is 171 Å². The summed E-state index contributed by atoms with van der Waals surface area (Å²) in [4.78, 5) is 12.6. The molecule has 0 aliphatic carbocycles. The Morgan fingerprint density at radius 3 is 2.62 bits per heavy atom. The maximum absolute atomic E-state index is 12.6. The zero-order valence-electron chi connectivity index (χ0n) is 17.1. The number of nitrogens with one attached hydrogen (secondary N) is 1. The SMILES string of the molecule is Cc1ccc2c(c1)OC(C(=O)NCCOc1ccc(C)c(C)c1)CN2S(C)(=O)=O. The van der Waals surface area contributed by atoms with E-state index in [0.29, 0.717) is 18.0 Å². The smallest absolute Gasteiger partial charge is 0.263 e. The second-order valence-corrected chi connectivity index (χ2v) is 9.16. The van der Waals surface area contributed by atoms with Crippen LogP contribution >= 0.6 is 0 Å². The molecule has 0 radical (unpaired) electrons. The fraction of sp³-hybridized carbons (Fsp3) is 0.381. The number of fused-ring (bicyclic) bond motifs is 1. The minimum Gasteiger partial charge on any atom is -0.492 e. The van der Waals surface area contributed by atoms with Gasteiger partial charge >= 0.3 is 0 Å². The average Bonchev–Trinajstić information content (AvgIpc) is 2.65. The minimum absolute atomic E-state index is 0.0707. The van der Waals surface area contributed by atoms with Crippen molar-refractivity contribution in [1.29, 1.82) is 0 Å². The highest BCUT2D eigenvalue weighted by Crippen LogP contribution is 2.35. The number of hydrogen-bond donors (Lipinski definition) is 1. The molecule has 0 aromatic heterocycles. The van der Waals surface area contributed by atoms with E-state index >= 15 is 0 Å². The summed E-state index contributed by atoms with van der Waals surface area (Å²) in [7, 11) is -3.54. The summed E-state index contributed by atoms with van der Waals surface area (Å²) in [5.74, 6) is 0.742. The van der Waals surface area contributed by atoms with Gasteiger partial charge in [0.15, 0.2) is 6.10 Å². The van der Waals surface area contributed by atoms with E-state index < -0.39 is 16.1 Å². The van der Waals surface area contributed by atoms with Gasteiger partial charge in [0.05, 0.1) is 25.0 Å². The van der Waals surface area contributed by atoms with Crippen molar-refractivity contribution in [3.05, 3.63) is 53.1 Å². The second kappa shape index (κ2) is 8.32. The van der Waals surface area contributed by atoms with Gasteiger partial charge in [0.2, 0.25) is 10.0 Å². The maximum atomic E-state index is 12.6. The first-order valence-corrected chi connectivity index (χ1v) is 11.2. The molecule has 0 saturated heterocycles. The van der Waals surface area contributed by atoms with Crippen LogP contribution in [0.1, 0.15) is 16.7 Å². The van der Waals surface area contributed by atoms with Crippen molar-refractivity contribution in [2.45, 2.75) is 26.9 Å². The molecule has 1 atom stereocenters. The van der Waals surface area contributed by atoms with Crippen LogP contribution in [0.2, 0.25) is 0 Å². The van der Waals surface area contributed by atoms with Gasteiger partial charge in [-0.1, -0.05) is 12.1 Å². The van der Waals surface area contributed by atoms with Crippen molar-refractivity contribution in [2.24, 2.45) is 0 Å². The zero-order chi connectivity index (χ0) is 21.2. The van der Waals surface area contributed by atoms with E-state index in [-0.39, 0.29) is 19.0 Å². The summed E-state index contributed by atoms with van der Waals surface area (Å²) >= 11 is 0. The topological polar surface area (TPSA) is 84.9 Å². The second-order valence-electron chi connectivity index (χ2n) is 7.26. The number of rotatable bonds is 6. The van der Waals surface area contributed by atoms with Gasteiger partial charge in [-0.2, -0.15) is 0 Å². The largest absolute Gasteiger partial charge is 0.492 e. The zero-order valence-corrected chi connectivity index (χ0v) is 17.9. The third-order valence-electron chi connectivity index (χ3n) is 4.83. The molecule has 0 fully saturated rings. The van der Waals surface area contributed by atoms with Crippen LogP contribution in [0.25, 0.3) is 0 Å². The van der Waals surface area contributed by atoms with Crippen molar-refractivity contribution < 1.29 is 22.7 Å². The molecule has 1 N–H and O–H groups in total. The Morgan fingerprint density at radius 2 is 1.93 bits per heavy atom. The van der Waals surface area contributed by atoms with E-state index in [1.807, 2.05) is 45.0 Å². The minimum atomic E-state index is -3.54. The van der Waals surface area contributed by atoms with Crippen molar-refractivity contribution in [3.63, 3.8) is 0 Å². The predicted octanol–water partition coefficient (Wildman–Crippen LogP) is 2.33. The maximum Gasteiger partial charge on any atom is 0.263 e. The molecule has 1 amide bonds. The molecule has 1 heterocycles. The number of amides is 1. The lowest BCUT2D eigenvalue weighted by atomic mass is 10.1. The lowest BCUT2D eigenvalue weighted by Crippen LogP contribution is -2.51. The summed E-state index contributed by atoms with van der Waals surface area (Å²) in [5, 5.41) is 2.76. The molecule has 2 aromatic rings. The number of sulfonamides is 1. The van der Waals surface area contributed by atoms with Gasteiger partial charge in [-0.3, -0.25) is 9.10 Å². The average molecular weight is 419 g/mol. The van der Waals surface area contributed by atoms with Crippen molar-refractivity contribution in [2.75, 3.05) is 30.3 Å². The predicted molar refractivity (Wildman–Crippen MR) is 112 cm³/mol. The first kappa shape index (κ1) is 21.0. The van der Waals surface area contributed by atoms with E-state index in [1.54, 1.807) is 12.1 Å². The monoisotopic (exact) mass is 418 g/mol. The molecule has 29 heavy (non-hydrogen) atoms. The van der Waals surface area contributed by atoms with Gasteiger partial charge in [0.1, 0.15) is 18.1 Å². The number of hydrogen-bond acceptors (Lipinski definition) is 5. The van der Waals surface area contributed by atoms with Gasteiger partial charge in [0.25, 0.3) is 5.91 Å². The standard InChI is InChI=1S/C21H26N2O5S/c1-14-5-8-18-19(11-14)28-20(13-23(18)29(4,25)26)21(24)22-9-10-27-17-7-6-15(2)16(3)12-17/h5-8,11-12,20H,9-10,13H2,1-4H3,(H,22,24). The van der Waals surface area contributed by atoms with Crippen LogP contribution in [-0.2, 0) is 14.8 Å². The van der Waals surface area contributed by atoms with Gasteiger partial charge in [-0.05, 0) is 61.7 Å². The molecule has 2 aromatic carbocycles. The van der Waals surface area contributed by atoms with Crippen LogP contribution in [0, 0.1) is 20.8 Å². The quantitative estimate of drug-likeness (QED) is 0.728. The van der Waals surface area contributed by atoms with Gasteiger partial charge in [-0.25, -0.2) is 8.42 Å². The van der Waals surface area contributed by atoms with Gasteiger partial charge < -0.3 is 14.8 Å². The summed E-state index contributed by atoms with van der Waals surface area (Å²) < 4.78 is 37.0. The highest BCUT2D eigenvalue weighted by molar-refractivity contribution is 7.92. The first-order chi connectivity index (χ1) is 13.6. The molecule has 1 aliphatic heterocycles. The highest BCUT2D eigenvalue weighted by Gasteiger charge is 2.34. The van der Waals surface area contributed by atoms with Gasteiger partial charge in [-0.15, -0.1) is 0 Å². The van der Waals surface area contributed by atoms with Crippen LogP contribution in [0.4, 0.5) is 5.69 Å². The normalized spacial score (nSPS) is 16.0. The Hall–Kier alpha value is -2.74. The Balaban J connectivity index is 1.61. The number of carbonyl (C=O) groups is 1. The number of anilines is 1. The number of aryl methyl sites for hydroxylation is 3. The van der Waals surface area contributed by atoms with Gasteiger partial charge in [0, 0.05) is 0 Å². The molecular weight excluding hydrogens is 392 g/mol. The summed E-state index contributed by atoms with van der Waals surface area (Å²) in [6.45, 7) is 6.43. The number of nitrogens with zero attached hydrogens (tertiary/aromatic N) is 1. The van der Waals surface area contributed by atoms with Crippen LogP contribution in [-0.4, -0.2) is 46.4 Å².